The maximum Gasteiger partial charge on any atom is 0.256 e. The summed E-state index contributed by atoms with van der Waals surface area (Å²) in [4.78, 5) is 27.7. The first kappa shape index (κ1) is 20.8. The lowest BCUT2D eigenvalue weighted by Gasteiger charge is -2.07. The van der Waals surface area contributed by atoms with E-state index in [2.05, 4.69) is 15.4 Å². The van der Waals surface area contributed by atoms with Crippen molar-refractivity contribution in [3.8, 4) is 11.5 Å². The third-order valence-corrected chi connectivity index (χ3v) is 4.75. The van der Waals surface area contributed by atoms with Crippen molar-refractivity contribution in [3.63, 3.8) is 0 Å². The van der Waals surface area contributed by atoms with E-state index in [-0.39, 0.29) is 5.91 Å². The van der Waals surface area contributed by atoms with Gasteiger partial charge in [-0.15, -0.1) is 0 Å². The van der Waals surface area contributed by atoms with Crippen LogP contribution in [0, 0.1) is 0 Å². The van der Waals surface area contributed by atoms with Gasteiger partial charge in [-0.2, -0.15) is 5.10 Å². The van der Waals surface area contributed by atoms with Gasteiger partial charge in [-0.3, -0.25) is 19.3 Å². The summed E-state index contributed by atoms with van der Waals surface area (Å²) in [6.07, 6.45) is 6.18. The van der Waals surface area contributed by atoms with Gasteiger partial charge in [0.15, 0.2) is 5.82 Å². The highest BCUT2D eigenvalue weighted by molar-refractivity contribution is 6.03. The molecule has 2 heterocycles. The molecule has 0 aliphatic carbocycles. The zero-order valence-electron chi connectivity index (χ0n) is 17.1. The minimum atomic E-state index is -0.495. The highest BCUT2D eigenvalue weighted by Gasteiger charge is 2.09. The summed E-state index contributed by atoms with van der Waals surface area (Å²) in [5.41, 5.74) is 7.29. The molecule has 0 atom stereocenters. The fourth-order valence-corrected chi connectivity index (χ4v) is 3.03. The minimum absolute atomic E-state index is 0.262. The number of carbonyl (C=O) groups is 2. The highest BCUT2D eigenvalue weighted by atomic mass is 16.5. The van der Waals surface area contributed by atoms with E-state index in [1.165, 1.54) is 5.56 Å². The Morgan fingerprint density at radius 3 is 2.12 bits per heavy atom. The molecule has 2 aromatic heterocycles. The number of pyridine rings is 1. The predicted molar refractivity (Wildman–Crippen MR) is 120 cm³/mol. The summed E-state index contributed by atoms with van der Waals surface area (Å²) in [6.45, 7) is 0.701. The molecule has 0 fully saturated rings. The van der Waals surface area contributed by atoms with Crippen LogP contribution in [0.4, 0.5) is 5.82 Å². The van der Waals surface area contributed by atoms with Crippen LogP contribution in [-0.4, -0.2) is 26.6 Å². The smallest absolute Gasteiger partial charge is 0.256 e. The monoisotopic (exact) mass is 427 g/mol. The molecule has 0 saturated carbocycles. The number of ether oxygens (including phenoxy) is 1. The van der Waals surface area contributed by atoms with Gasteiger partial charge in [-0.05, 0) is 72.6 Å². The average molecular weight is 427 g/mol. The molecule has 0 aliphatic rings. The molecule has 4 rings (SSSR count). The Bertz CT molecular complexity index is 1200. The Morgan fingerprint density at radius 1 is 0.875 bits per heavy atom. The van der Waals surface area contributed by atoms with Gasteiger partial charge in [0, 0.05) is 42.3 Å². The van der Waals surface area contributed by atoms with Gasteiger partial charge < -0.3 is 15.8 Å². The average Bonchev–Trinajstić information content (AvgIpc) is 3.26. The first-order valence-electron chi connectivity index (χ1n) is 9.98. The van der Waals surface area contributed by atoms with Crippen LogP contribution in [0.5, 0.6) is 11.5 Å². The second-order valence-electron chi connectivity index (χ2n) is 7.04. The van der Waals surface area contributed by atoms with Gasteiger partial charge in [-0.25, -0.2) is 0 Å². The molecular weight excluding hydrogens is 406 g/mol. The second-order valence-corrected chi connectivity index (χ2v) is 7.04. The number of rotatable bonds is 8. The van der Waals surface area contributed by atoms with Crippen LogP contribution >= 0.6 is 0 Å². The van der Waals surface area contributed by atoms with Gasteiger partial charge in [0.1, 0.15) is 11.5 Å². The van der Waals surface area contributed by atoms with E-state index < -0.39 is 5.91 Å². The molecule has 0 aliphatic heterocycles. The molecule has 0 bridgehead atoms. The van der Waals surface area contributed by atoms with E-state index >= 15 is 0 Å². The Kier molecular flexibility index (Phi) is 6.22. The molecule has 2 amide bonds. The molecule has 8 nitrogen and oxygen atoms in total. The number of hydrogen-bond acceptors (Lipinski definition) is 5. The molecular formula is C24H21N5O3. The van der Waals surface area contributed by atoms with E-state index in [0.717, 1.165) is 6.42 Å². The summed E-state index contributed by atoms with van der Waals surface area (Å²) < 4.78 is 7.52. The quantitative estimate of drug-likeness (QED) is 0.446. The third kappa shape index (κ3) is 5.37. The van der Waals surface area contributed by atoms with Crippen LogP contribution in [0.15, 0.2) is 85.3 Å². The number of aromatic nitrogens is 3. The Morgan fingerprint density at radius 2 is 1.50 bits per heavy atom. The molecule has 2 aromatic carbocycles. The fourth-order valence-electron chi connectivity index (χ4n) is 3.03. The van der Waals surface area contributed by atoms with Crippen LogP contribution in [0.25, 0.3) is 0 Å². The number of benzene rings is 2. The van der Waals surface area contributed by atoms with Crippen LogP contribution in [-0.2, 0) is 13.0 Å². The van der Waals surface area contributed by atoms with Gasteiger partial charge in [0.05, 0.1) is 0 Å². The Labute approximate surface area is 184 Å². The number of amides is 2. The first-order chi connectivity index (χ1) is 15.6. The number of carbonyl (C=O) groups excluding carboxylic acids is 2. The molecule has 0 radical (unpaired) electrons. The zero-order chi connectivity index (χ0) is 22.3. The molecule has 160 valence electrons. The molecule has 0 unspecified atom stereocenters. The Balaban J connectivity index is 1.32. The van der Waals surface area contributed by atoms with Gasteiger partial charge in [0.2, 0.25) is 5.91 Å². The molecule has 3 N–H and O–H groups in total. The molecule has 0 spiro atoms. The lowest BCUT2D eigenvalue weighted by atomic mass is 10.2. The van der Waals surface area contributed by atoms with E-state index in [1.807, 2.05) is 18.3 Å². The number of aryl methyl sites for hydroxylation is 2. The molecule has 32 heavy (non-hydrogen) atoms. The number of nitrogens with one attached hydrogen (secondary N) is 1. The van der Waals surface area contributed by atoms with Crippen molar-refractivity contribution >= 4 is 17.6 Å². The predicted octanol–water partition coefficient (Wildman–Crippen LogP) is 3.66. The van der Waals surface area contributed by atoms with Gasteiger partial charge >= 0.3 is 0 Å². The second kappa shape index (κ2) is 9.57. The number of nitrogens with two attached hydrogens (primary N) is 1. The summed E-state index contributed by atoms with van der Waals surface area (Å²) in [5.74, 6) is 0.852. The standard InChI is InChI=1S/C24H21N5O3/c25-23(30)18-1-5-20(6-2-18)32-21-7-3-19(4-8-21)24(31)27-22-12-16-29(28-22)15-11-17-9-13-26-14-10-17/h1-10,12-14,16H,11,15H2,(H2,25,30)(H,27,28,31). The van der Waals surface area contributed by atoms with Crippen LogP contribution in [0.3, 0.4) is 0 Å². The molecule has 0 saturated heterocycles. The van der Waals surface area contributed by atoms with Crippen molar-refractivity contribution in [3.05, 3.63) is 102 Å². The van der Waals surface area contributed by atoms with Crippen LogP contribution < -0.4 is 15.8 Å². The summed E-state index contributed by atoms with van der Waals surface area (Å²) in [7, 11) is 0. The Hall–Kier alpha value is -4.46. The summed E-state index contributed by atoms with van der Waals surface area (Å²) >= 11 is 0. The van der Waals surface area contributed by atoms with Crippen molar-refractivity contribution in [1.29, 1.82) is 0 Å². The van der Waals surface area contributed by atoms with E-state index in [4.69, 9.17) is 10.5 Å². The van der Waals surface area contributed by atoms with Crippen molar-refractivity contribution < 1.29 is 14.3 Å². The van der Waals surface area contributed by atoms with Crippen molar-refractivity contribution in [2.24, 2.45) is 5.73 Å². The number of hydrogen-bond donors (Lipinski definition) is 2. The van der Waals surface area contributed by atoms with Crippen LogP contribution in [0.2, 0.25) is 0 Å². The number of nitrogens with zero attached hydrogens (tertiary/aromatic N) is 3. The number of primary amides is 1. The van der Waals surface area contributed by atoms with E-state index in [0.29, 0.717) is 35.0 Å². The lowest BCUT2D eigenvalue weighted by molar-refractivity contribution is 0.0997. The van der Waals surface area contributed by atoms with Crippen molar-refractivity contribution in [2.75, 3.05) is 5.32 Å². The van der Waals surface area contributed by atoms with E-state index in [1.54, 1.807) is 71.7 Å². The van der Waals surface area contributed by atoms with Gasteiger partial charge in [-0.1, -0.05) is 0 Å². The molecule has 8 heteroatoms. The van der Waals surface area contributed by atoms with Crippen molar-refractivity contribution in [1.82, 2.24) is 14.8 Å². The summed E-state index contributed by atoms with van der Waals surface area (Å²) in [6, 6.07) is 18.9. The fraction of sp³-hybridized carbons (Fsp3) is 0.0833. The SMILES string of the molecule is NC(=O)c1ccc(Oc2ccc(C(=O)Nc3ccn(CCc4ccncc4)n3)cc2)cc1. The minimum Gasteiger partial charge on any atom is -0.457 e. The maximum atomic E-state index is 12.5. The van der Waals surface area contributed by atoms with E-state index in [9.17, 15) is 9.59 Å². The lowest BCUT2D eigenvalue weighted by Crippen LogP contribution is -2.13. The molecule has 4 aromatic rings. The highest BCUT2D eigenvalue weighted by Crippen LogP contribution is 2.22. The first-order valence-corrected chi connectivity index (χ1v) is 9.98. The third-order valence-electron chi connectivity index (χ3n) is 4.75. The van der Waals surface area contributed by atoms with Crippen molar-refractivity contribution in [2.45, 2.75) is 13.0 Å². The van der Waals surface area contributed by atoms with Gasteiger partial charge in [0.25, 0.3) is 5.91 Å². The normalized spacial score (nSPS) is 10.5. The largest absolute Gasteiger partial charge is 0.457 e. The van der Waals surface area contributed by atoms with Crippen LogP contribution in [0.1, 0.15) is 26.3 Å². The number of anilines is 1. The maximum absolute atomic E-state index is 12.5. The topological polar surface area (TPSA) is 112 Å². The summed E-state index contributed by atoms with van der Waals surface area (Å²) in [5, 5.41) is 7.19. The zero-order valence-corrected chi connectivity index (χ0v) is 17.1.